The van der Waals surface area contributed by atoms with E-state index in [4.69, 9.17) is 14.2 Å². The first-order valence-corrected chi connectivity index (χ1v) is 6.27. The second-order valence-electron chi connectivity index (χ2n) is 4.43. The van der Waals surface area contributed by atoms with Gasteiger partial charge in [-0.05, 0) is 12.1 Å². The second kappa shape index (κ2) is 6.65. The number of hydrogen-bond acceptors (Lipinski definition) is 5. The van der Waals surface area contributed by atoms with Crippen molar-refractivity contribution in [1.82, 2.24) is 0 Å². The molecule has 1 fully saturated rings. The van der Waals surface area contributed by atoms with E-state index in [1.165, 1.54) is 7.11 Å². The maximum atomic E-state index is 11.7. The molecule has 0 unspecified atom stereocenters. The molecule has 0 aliphatic carbocycles. The quantitative estimate of drug-likeness (QED) is 0.806. The summed E-state index contributed by atoms with van der Waals surface area (Å²) in [5, 5.41) is 9.59. The standard InChI is InChI=1S/C14H18O5/c1-17-13-11(15)9-19-12(13)7-8-18-14(16)10-5-3-2-4-6-10/h2-6,11-13,15H,7-9H2,1H3/t11-,12+,13+/m0/s1. The van der Waals surface area contributed by atoms with Crippen LogP contribution in [0.5, 0.6) is 0 Å². The van der Waals surface area contributed by atoms with Crippen molar-refractivity contribution < 1.29 is 24.1 Å². The van der Waals surface area contributed by atoms with Gasteiger partial charge in [0.15, 0.2) is 0 Å². The van der Waals surface area contributed by atoms with E-state index in [0.717, 1.165) is 0 Å². The zero-order valence-corrected chi connectivity index (χ0v) is 10.8. The molecule has 0 amide bonds. The molecule has 5 nitrogen and oxygen atoms in total. The Morgan fingerprint density at radius 3 is 2.84 bits per heavy atom. The lowest BCUT2D eigenvalue weighted by Crippen LogP contribution is -2.33. The number of aliphatic hydroxyl groups excluding tert-OH is 1. The molecule has 0 aromatic heterocycles. The normalized spacial score (nSPS) is 26.3. The van der Waals surface area contributed by atoms with Gasteiger partial charge in [0.1, 0.15) is 12.2 Å². The third-order valence-corrected chi connectivity index (χ3v) is 3.14. The van der Waals surface area contributed by atoms with Crippen LogP contribution < -0.4 is 0 Å². The first kappa shape index (κ1) is 14.0. The van der Waals surface area contributed by atoms with Crippen LogP contribution in [-0.4, -0.2) is 49.7 Å². The van der Waals surface area contributed by atoms with Crippen LogP contribution in [0.2, 0.25) is 0 Å². The summed E-state index contributed by atoms with van der Waals surface area (Å²) in [5.74, 6) is -0.354. The first-order valence-electron chi connectivity index (χ1n) is 6.27. The van der Waals surface area contributed by atoms with Gasteiger partial charge in [0.05, 0.1) is 24.9 Å². The van der Waals surface area contributed by atoms with Gasteiger partial charge < -0.3 is 19.3 Å². The van der Waals surface area contributed by atoms with E-state index < -0.39 is 6.10 Å². The molecule has 1 heterocycles. The van der Waals surface area contributed by atoms with E-state index in [1.54, 1.807) is 24.3 Å². The van der Waals surface area contributed by atoms with Crippen LogP contribution in [0.15, 0.2) is 30.3 Å². The first-order chi connectivity index (χ1) is 9.22. The number of rotatable bonds is 5. The predicted molar refractivity (Wildman–Crippen MR) is 67.9 cm³/mol. The third kappa shape index (κ3) is 3.53. The highest BCUT2D eigenvalue weighted by Crippen LogP contribution is 2.20. The predicted octanol–water partition coefficient (Wildman–Crippen LogP) is 1.01. The lowest BCUT2D eigenvalue weighted by molar-refractivity contribution is -0.0209. The van der Waals surface area contributed by atoms with Crippen molar-refractivity contribution in [3.8, 4) is 0 Å². The molecule has 3 atom stereocenters. The third-order valence-electron chi connectivity index (χ3n) is 3.14. The summed E-state index contributed by atoms with van der Waals surface area (Å²) in [4.78, 5) is 11.7. The van der Waals surface area contributed by atoms with Crippen molar-refractivity contribution in [3.63, 3.8) is 0 Å². The van der Waals surface area contributed by atoms with Crippen molar-refractivity contribution in [2.45, 2.75) is 24.7 Å². The Bertz CT molecular complexity index is 406. The molecular weight excluding hydrogens is 248 g/mol. The number of benzene rings is 1. The molecule has 104 valence electrons. The van der Waals surface area contributed by atoms with Crippen LogP contribution in [0.3, 0.4) is 0 Å². The van der Waals surface area contributed by atoms with Crippen LogP contribution >= 0.6 is 0 Å². The largest absolute Gasteiger partial charge is 0.462 e. The summed E-state index contributed by atoms with van der Waals surface area (Å²) in [6.45, 7) is 0.501. The number of carbonyl (C=O) groups is 1. The molecule has 1 saturated heterocycles. The minimum absolute atomic E-state index is 0.233. The summed E-state index contributed by atoms with van der Waals surface area (Å²) in [5.41, 5.74) is 0.526. The number of methoxy groups -OCH3 is 1. The van der Waals surface area contributed by atoms with E-state index in [2.05, 4.69) is 0 Å². The summed E-state index contributed by atoms with van der Waals surface area (Å²) in [6, 6.07) is 8.82. The van der Waals surface area contributed by atoms with Crippen molar-refractivity contribution in [2.75, 3.05) is 20.3 Å². The second-order valence-corrected chi connectivity index (χ2v) is 4.43. The summed E-state index contributed by atoms with van der Waals surface area (Å²) in [6.07, 6.45) is -0.687. The van der Waals surface area contributed by atoms with Crippen molar-refractivity contribution in [3.05, 3.63) is 35.9 Å². The van der Waals surface area contributed by atoms with Crippen LogP contribution in [0.1, 0.15) is 16.8 Å². The van der Waals surface area contributed by atoms with Crippen molar-refractivity contribution in [1.29, 1.82) is 0 Å². The van der Waals surface area contributed by atoms with Gasteiger partial charge in [0.25, 0.3) is 0 Å². The van der Waals surface area contributed by atoms with E-state index >= 15 is 0 Å². The molecule has 1 N–H and O–H groups in total. The Balaban J connectivity index is 1.76. The zero-order valence-electron chi connectivity index (χ0n) is 10.8. The Kier molecular flexibility index (Phi) is 4.90. The van der Waals surface area contributed by atoms with Gasteiger partial charge in [-0.2, -0.15) is 0 Å². The molecule has 1 aromatic carbocycles. The molecule has 0 spiro atoms. The van der Waals surface area contributed by atoms with Crippen molar-refractivity contribution >= 4 is 5.97 Å². The van der Waals surface area contributed by atoms with E-state index in [9.17, 15) is 9.90 Å². The van der Waals surface area contributed by atoms with Gasteiger partial charge in [-0.15, -0.1) is 0 Å². The Hall–Kier alpha value is -1.43. The van der Waals surface area contributed by atoms with Crippen LogP contribution in [0.25, 0.3) is 0 Å². The monoisotopic (exact) mass is 266 g/mol. The molecule has 1 aromatic rings. The van der Waals surface area contributed by atoms with Crippen LogP contribution in [0.4, 0.5) is 0 Å². The van der Waals surface area contributed by atoms with E-state index in [-0.39, 0.29) is 31.4 Å². The zero-order chi connectivity index (χ0) is 13.7. The molecule has 2 rings (SSSR count). The topological polar surface area (TPSA) is 65.0 Å². The summed E-state index contributed by atoms with van der Waals surface area (Å²) < 4.78 is 15.7. The van der Waals surface area contributed by atoms with Gasteiger partial charge >= 0.3 is 5.97 Å². The fourth-order valence-corrected chi connectivity index (χ4v) is 2.14. The van der Waals surface area contributed by atoms with Gasteiger partial charge in [0.2, 0.25) is 0 Å². The smallest absolute Gasteiger partial charge is 0.338 e. The molecule has 0 bridgehead atoms. The van der Waals surface area contributed by atoms with Gasteiger partial charge in [0, 0.05) is 13.5 Å². The maximum absolute atomic E-state index is 11.7. The molecule has 0 saturated carbocycles. The highest BCUT2D eigenvalue weighted by Gasteiger charge is 2.36. The summed E-state index contributed by atoms with van der Waals surface area (Å²) >= 11 is 0. The maximum Gasteiger partial charge on any atom is 0.338 e. The minimum Gasteiger partial charge on any atom is -0.462 e. The van der Waals surface area contributed by atoms with Gasteiger partial charge in [-0.25, -0.2) is 4.79 Å². The molecule has 0 radical (unpaired) electrons. The number of carbonyl (C=O) groups excluding carboxylic acids is 1. The van der Waals surface area contributed by atoms with E-state index in [1.807, 2.05) is 6.07 Å². The molecule has 1 aliphatic rings. The fourth-order valence-electron chi connectivity index (χ4n) is 2.14. The average Bonchev–Trinajstić information content (AvgIpc) is 2.80. The average molecular weight is 266 g/mol. The van der Waals surface area contributed by atoms with Crippen molar-refractivity contribution in [2.24, 2.45) is 0 Å². The highest BCUT2D eigenvalue weighted by atomic mass is 16.6. The van der Waals surface area contributed by atoms with E-state index in [0.29, 0.717) is 12.0 Å². The molecule has 1 aliphatic heterocycles. The number of ether oxygens (including phenoxy) is 3. The van der Waals surface area contributed by atoms with Gasteiger partial charge in [-0.3, -0.25) is 0 Å². The number of aliphatic hydroxyl groups is 1. The lowest BCUT2D eigenvalue weighted by atomic mass is 10.1. The number of hydrogen-bond donors (Lipinski definition) is 1. The van der Waals surface area contributed by atoms with Gasteiger partial charge in [-0.1, -0.05) is 18.2 Å². The Morgan fingerprint density at radius 2 is 2.16 bits per heavy atom. The minimum atomic E-state index is -0.611. The van der Waals surface area contributed by atoms with Crippen LogP contribution in [0, 0.1) is 0 Å². The number of esters is 1. The molecule has 5 heteroatoms. The highest BCUT2D eigenvalue weighted by molar-refractivity contribution is 5.89. The molecular formula is C14H18O5. The lowest BCUT2D eigenvalue weighted by Gasteiger charge is -2.18. The summed E-state index contributed by atoms with van der Waals surface area (Å²) in [7, 11) is 1.53. The Morgan fingerprint density at radius 1 is 1.42 bits per heavy atom. The van der Waals surface area contributed by atoms with Crippen LogP contribution in [-0.2, 0) is 14.2 Å². The SMILES string of the molecule is CO[C@@H]1[C@@H](O)CO[C@@H]1CCOC(=O)c1ccccc1. The molecule has 19 heavy (non-hydrogen) atoms. The Labute approximate surface area is 112 Å². The fraction of sp³-hybridized carbons (Fsp3) is 0.500.